The second-order valence-electron chi connectivity index (χ2n) is 8.33. The normalized spacial score (nSPS) is 17.8. The molecule has 1 N–H and O–H groups in total. The van der Waals surface area contributed by atoms with E-state index in [1.165, 1.54) is 0 Å². The number of aromatic nitrogens is 5. The third-order valence-electron chi connectivity index (χ3n) is 5.93. The zero-order valence-corrected chi connectivity index (χ0v) is 18.7. The van der Waals surface area contributed by atoms with Gasteiger partial charge >= 0.3 is 0 Å². The van der Waals surface area contributed by atoms with Crippen molar-refractivity contribution in [3.8, 4) is 11.4 Å². The van der Waals surface area contributed by atoms with Gasteiger partial charge in [-0.2, -0.15) is 5.10 Å². The van der Waals surface area contributed by atoms with Gasteiger partial charge in [0, 0.05) is 18.8 Å². The predicted octanol–water partition coefficient (Wildman–Crippen LogP) is 4.26. The summed E-state index contributed by atoms with van der Waals surface area (Å²) in [6.07, 6.45) is 8.11. The van der Waals surface area contributed by atoms with Gasteiger partial charge in [0.25, 0.3) is 0 Å². The summed E-state index contributed by atoms with van der Waals surface area (Å²) in [4.78, 5) is 8.75. The van der Waals surface area contributed by atoms with Crippen LogP contribution in [0.1, 0.15) is 41.3 Å². The van der Waals surface area contributed by atoms with Gasteiger partial charge in [-0.05, 0) is 61.2 Å². The highest BCUT2D eigenvalue weighted by Crippen LogP contribution is 2.37. The van der Waals surface area contributed by atoms with E-state index in [0.29, 0.717) is 31.0 Å². The first-order valence-corrected chi connectivity index (χ1v) is 10.9. The number of imidazole rings is 1. The molecule has 5 rings (SSSR count). The number of hydrogen-bond acceptors (Lipinski definition) is 5. The predicted molar refractivity (Wildman–Crippen MR) is 122 cm³/mol. The van der Waals surface area contributed by atoms with Gasteiger partial charge < -0.3 is 14.4 Å². The molecule has 3 heterocycles. The van der Waals surface area contributed by atoms with E-state index in [1.54, 1.807) is 24.2 Å². The molecular formula is C25H23F2N5O2. The van der Waals surface area contributed by atoms with Gasteiger partial charge in [0.15, 0.2) is 11.6 Å². The fraction of sp³-hybridized carbons (Fsp3) is 0.240. The van der Waals surface area contributed by atoms with Crippen molar-refractivity contribution in [3.05, 3.63) is 89.0 Å². The molecule has 0 spiro atoms. The topological polar surface area (TPSA) is 78.0 Å². The first-order chi connectivity index (χ1) is 16.4. The van der Waals surface area contributed by atoms with E-state index in [1.807, 2.05) is 42.0 Å². The zero-order chi connectivity index (χ0) is 23.9. The van der Waals surface area contributed by atoms with Crippen molar-refractivity contribution in [1.82, 2.24) is 24.3 Å². The Morgan fingerprint density at radius 1 is 1.12 bits per heavy atom. The lowest BCUT2D eigenvalue weighted by Crippen LogP contribution is -2.35. The monoisotopic (exact) mass is 463 g/mol. The highest BCUT2D eigenvalue weighted by Gasteiger charge is 2.40. The van der Waals surface area contributed by atoms with Gasteiger partial charge in [-0.3, -0.25) is 0 Å². The van der Waals surface area contributed by atoms with Gasteiger partial charge in [-0.25, -0.2) is 23.4 Å². The van der Waals surface area contributed by atoms with Gasteiger partial charge in [0.1, 0.15) is 23.0 Å². The van der Waals surface area contributed by atoms with Crippen molar-refractivity contribution in [1.29, 1.82) is 0 Å². The van der Waals surface area contributed by atoms with E-state index in [-0.39, 0.29) is 11.4 Å². The van der Waals surface area contributed by atoms with E-state index in [0.717, 1.165) is 35.1 Å². The number of fused-ring (bicyclic) bond motifs is 1. The molecule has 0 bridgehead atoms. The Hall–Kier alpha value is -3.85. The Labute approximate surface area is 195 Å². The summed E-state index contributed by atoms with van der Waals surface area (Å²) in [6, 6.07) is 8.82. The first kappa shape index (κ1) is 22.0. The summed E-state index contributed by atoms with van der Waals surface area (Å²) in [5.74, 6) is -0.154. The molecular weight excluding hydrogens is 440 g/mol. The average molecular weight is 463 g/mol. The second kappa shape index (κ2) is 8.49. The Morgan fingerprint density at radius 3 is 2.62 bits per heavy atom. The van der Waals surface area contributed by atoms with Crippen LogP contribution in [0.2, 0.25) is 0 Å². The zero-order valence-electron chi connectivity index (χ0n) is 18.7. The molecule has 0 saturated heterocycles. The lowest BCUT2D eigenvalue weighted by molar-refractivity contribution is 0.0389. The van der Waals surface area contributed by atoms with Crippen LogP contribution >= 0.6 is 0 Å². The molecule has 0 aliphatic carbocycles. The Bertz CT molecular complexity index is 1370. The van der Waals surface area contributed by atoms with E-state index in [9.17, 15) is 13.9 Å². The minimum Gasteiger partial charge on any atom is -0.495 e. The van der Waals surface area contributed by atoms with Gasteiger partial charge in [-0.15, -0.1) is 0 Å². The number of aliphatic hydroxyl groups is 1. The third-order valence-corrected chi connectivity index (χ3v) is 5.93. The SMILES string of the molecule is COc1cc(C=Cc2nc3n(n2)CCCC3(O)c2cc(F)cc(F)c2)ccc1-n1cnc(C)c1. The quantitative estimate of drug-likeness (QED) is 0.479. The maximum atomic E-state index is 13.8. The average Bonchev–Trinajstić information content (AvgIpc) is 3.44. The number of halogens is 2. The number of benzene rings is 2. The van der Waals surface area contributed by atoms with Crippen LogP contribution in [0.4, 0.5) is 8.78 Å². The van der Waals surface area contributed by atoms with Crippen molar-refractivity contribution in [2.45, 2.75) is 31.9 Å². The molecule has 0 amide bonds. The molecule has 2 aromatic carbocycles. The number of rotatable bonds is 5. The van der Waals surface area contributed by atoms with Gasteiger partial charge in [0.2, 0.25) is 0 Å². The number of methoxy groups -OCH3 is 1. The molecule has 1 aliphatic rings. The van der Waals surface area contributed by atoms with Crippen LogP contribution in [-0.4, -0.2) is 36.5 Å². The lowest BCUT2D eigenvalue weighted by Gasteiger charge is -2.31. The van der Waals surface area contributed by atoms with E-state index < -0.39 is 17.2 Å². The van der Waals surface area contributed by atoms with Crippen LogP contribution in [0.15, 0.2) is 48.9 Å². The third kappa shape index (κ3) is 3.99. The molecule has 34 heavy (non-hydrogen) atoms. The van der Waals surface area contributed by atoms with Crippen LogP contribution in [0.3, 0.4) is 0 Å². The van der Waals surface area contributed by atoms with Crippen LogP contribution in [-0.2, 0) is 12.1 Å². The van der Waals surface area contributed by atoms with E-state index >= 15 is 0 Å². The fourth-order valence-corrected chi connectivity index (χ4v) is 4.29. The molecule has 7 nitrogen and oxygen atoms in total. The van der Waals surface area contributed by atoms with Crippen LogP contribution in [0, 0.1) is 18.6 Å². The molecule has 9 heteroatoms. The molecule has 1 atom stereocenters. The largest absolute Gasteiger partial charge is 0.495 e. The molecule has 174 valence electrons. The van der Waals surface area contributed by atoms with Crippen molar-refractivity contribution in [3.63, 3.8) is 0 Å². The highest BCUT2D eigenvalue weighted by atomic mass is 19.1. The Kier molecular flexibility index (Phi) is 5.49. The Balaban J connectivity index is 1.45. The number of ether oxygens (including phenoxy) is 1. The molecule has 1 aliphatic heterocycles. The Morgan fingerprint density at radius 2 is 1.91 bits per heavy atom. The summed E-state index contributed by atoms with van der Waals surface area (Å²) in [5.41, 5.74) is 1.15. The smallest absolute Gasteiger partial charge is 0.174 e. The van der Waals surface area contributed by atoms with Gasteiger partial charge in [-0.1, -0.05) is 12.1 Å². The van der Waals surface area contributed by atoms with Crippen molar-refractivity contribution >= 4 is 12.2 Å². The summed E-state index contributed by atoms with van der Waals surface area (Å²) in [5, 5.41) is 15.8. The van der Waals surface area contributed by atoms with Crippen LogP contribution in [0.5, 0.6) is 5.75 Å². The van der Waals surface area contributed by atoms with Gasteiger partial charge in [0.05, 0.1) is 24.8 Å². The lowest BCUT2D eigenvalue weighted by atomic mass is 9.86. The molecule has 4 aromatic rings. The molecule has 0 fully saturated rings. The summed E-state index contributed by atoms with van der Waals surface area (Å²) in [7, 11) is 1.61. The summed E-state index contributed by atoms with van der Waals surface area (Å²) >= 11 is 0. The van der Waals surface area contributed by atoms with Crippen LogP contribution < -0.4 is 4.74 Å². The number of nitrogens with zero attached hydrogens (tertiary/aromatic N) is 5. The van der Waals surface area contributed by atoms with E-state index in [2.05, 4.69) is 15.1 Å². The van der Waals surface area contributed by atoms with E-state index in [4.69, 9.17) is 4.74 Å². The summed E-state index contributed by atoms with van der Waals surface area (Å²) < 4.78 is 36.7. The second-order valence-corrected chi connectivity index (χ2v) is 8.33. The molecule has 2 aromatic heterocycles. The summed E-state index contributed by atoms with van der Waals surface area (Å²) in [6.45, 7) is 2.48. The molecule has 0 saturated carbocycles. The standard InChI is InChI=1S/C25H23F2N5O2/c1-16-14-31(15-28-16)21-6-4-17(10-22(21)34-2)5-7-23-29-24-25(33,8-3-9-32(24)30-23)18-11-19(26)13-20(27)12-18/h4-7,10-15,33H,3,8-9H2,1-2H3. The molecule has 1 unspecified atom stereocenters. The van der Waals surface area contributed by atoms with Crippen molar-refractivity contribution < 1.29 is 18.6 Å². The molecule has 0 radical (unpaired) electrons. The number of hydrogen-bond donors (Lipinski definition) is 1. The highest BCUT2D eigenvalue weighted by molar-refractivity contribution is 5.69. The van der Waals surface area contributed by atoms with Crippen molar-refractivity contribution in [2.75, 3.05) is 7.11 Å². The maximum absolute atomic E-state index is 13.8. The maximum Gasteiger partial charge on any atom is 0.174 e. The fourth-order valence-electron chi connectivity index (χ4n) is 4.29. The van der Waals surface area contributed by atoms with Crippen LogP contribution in [0.25, 0.3) is 17.8 Å². The first-order valence-electron chi connectivity index (χ1n) is 10.9. The minimum absolute atomic E-state index is 0.129. The number of aryl methyl sites for hydroxylation is 2. The van der Waals surface area contributed by atoms with Crippen molar-refractivity contribution in [2.24, 2.45) is 0 Å². The minimum atomic E-state index is -1.62.